The fraction of sp³-hybridized carbons (Fsp3) is 0.654. The Labute approximate surface area is 193 Å². The van der Waals surface area contributed by atoms with Gasteiger partial charge in [-0.1, -0.05) is 57.7 Å². The highest BCUT2D eigenvalue weighted by molar-refractivity contribution is 8.13. The summed E-state index contributed by atoms with van der Waals surface area (Å²) >= 11 is 1.31. The van der Waals surface area contributed by atoms with E-state index < -0.39 is 18.3 Å². The van der Waals surface area contributed by atoms with Gasteiger partial charge in [-0.05, 0) is 86.0 Å². The average Bonchev–Trinajstić information content (AvgIpc) is 2.84. The van der Waals surface area contributed by atoms with Gasteiger partial charge in [0.1, 0.15) is 0 Å². The van der Waals surface area contributed by atoms with Crippen LogP contribution in [0.25, 0.3) is 6.08 Å². The first-order chi connectivity index (χ1) is 14.1. The molecule has 1 saturated heterocycles. The highest BCUT2D eigenvalue weighted by atomic mass is 32.2. The lowest BCUT2D eigenvalue weighted by Crippen LogP contribution is -2.41. The molecule has 1 aromatic rings. The molecule has 0 unspecified atom stereocenters. The number of carbonyl (C=O) groups is 1. The summed E-state index contributed by atoms with van der Waals surface area (Å²) in [5.74, 6) is 0.567. The molecule has 170 valence electrons. The predicted octanol–water partition coefficient (Wildman–Crippen LogP) is 6.64. The van der Waals surface area contributed by atoms with E-state index in [1.807, 2.05) is 0 Å². The maximum Gasteiger partial charge on any atom is 0.491 e. The van der Waals surface area contributed by atoms with E-state index in [9.17, 15) is 4.79 Å². The SMILES string of the molecule is CC(=O)SCC(=Cc1cc2c(cc1C)C(C)(C)CCC2(C)C)B1OC(C)(C)C(C)(C)O1. The molecule has 1 aromatic carbocycles. The van der Waals surface area contributed by atoms with Crippen molar-refractivity contribution >= 4 is 30.1 Å². The minimum atomic E-state index is -0.447. The van der Waals surface area contributed by atoms with Crippen LogP contribution in [-0.2, 0) is 24.9 Å². The zero-order valence-electron chi connectivity index (χ0n) is 21.1. The molecular formula is C26H39BO3S. The normalized spacial score (nSPS) is 23.5. The van der Waals surface area contributed by atoms with Gasteiger partial charge in [0, 0.05) is 12.7 Å². The first-order valence-corrected chi connectivity index (χ1v) is 12.4. The highest BCUT2D eigenvalue weighted by Gasteiger charge is 2.52. The van der Waals surface area contributed by atoms with Gasteiger partial charge in [0.2, 0.25) is 0 Å². The molecule has 0 spiro atoms. The molecule has 0 N–H and O–H groups in total. The molecule has 0 atom stereocenters. The Balaban J connectivity index is 2.07. The Morgan fingerprint density at radius 2 is 1.45 bits per heavy atom. The molecule has 0 saturated carbocycles. The molecule has 1 aliphatic carbocycles. The number of hydrogen-bond donors (Lipinski definition) is 0. The standard InChI is InChI=1S/C26H39BO3S/c1-17-13-21-22(24(5,6)12-11-23(21,3)4)15-19(17)14-20(16-31-18(2)28)27-29-25(7,8)26(9,10)30-27/h13-15H,11-12,16H2,1-10H3. The van der Waals surface area contributed by atoms with Gasteiger partial charge in [0.25, 0.3) is 0 Å². The molecule has 0 amide bonds. The van der Waals surface area contributed by atoms with Crippen molar-refractivity contribution in [1.82, 2.24) is 0 Å². The molecule has 1 fully saturated rings. The second kappa shape index (κ2) is 8.07. The summed E-state index contributed by atoms with van der Waals surface area (Å²) in [6, 6.07) is 4.75. The molecule has 3 rings (SSSR count). The van der Waals surface area contributed by atoms with E-state index in [2.05, 4.69) is 80.5 Å². The van der Waals surface area contributed by atoms with Crippen LogP contribution >= 0.6 is 11.8 Å². The lowest BCUT2D eigenvalue weighted by molar-refractivity contribution is -0.109. The van der Waals surface area contributed by atoms with E-state index in [0.717, 1.165) is 5.47 Å². The summed E-state index contributed by atoms with van der Waals surface area (Å²) in [5.41, 5.74) is 5.89. The second-order valence-corrected chi connectivity index (χ2v) is 12.8. The van der Waals surface area contributed by atoms with E-state index in [-0.39, 0.29) is 15.9 Å². The molecule has 0 aromatic heterocycles. The molecule has 3 nitrogen and oxygen atoms in total. The number of carbonyl (C=O) groups excluding carboxylic acids is 1. The Bertz CT molecular complexity index is 895. The summed E-state index contributed by atoms with van der Waals surface area (Å²) in [6.45, 7) is 21.5. The number of benzene rings is 1. The minimum Gasteiger partial charge on any atom is -0.400 e. The summed E-state index contributed by atoms with van der Waals surface area (Å²) in [6.07, 6.45) is 4.59. The molecule has 0 radical (unpaired) electrons. The van der Waals surface area contributed by atoms with E-state index >= 15 is 0 Å². The van der Waals surface area contributed by atoms with Crippen LogP contribution in [-0.4, -0.2) is 29.2 Å². The van der Waals surface area contributed by atoms with Crippen LogP contribution in [0.4, 0.5) is 0 Å². The number of aryl methyl sites for hydroxylation is 1. The van der Waals surface area contributed by atoms with Crippen molar-refractivity contribution in [2.45, 2.75) is 104 Å². The Hall–Kier alpha value is -1.04. The lowest BCUT2D eigenvalue weighted by atomic mass is 9.62. The van der Waals surface area contributed by atoms with E-state index in [4.69, 9.17) is 9.31 Å². The van der Waals surface area contributed by atoms with Crippen LogP contribution in [0.5, 0.6) is 0 Å². The van der Waals surface area contributed by atoms with Crippen LogP contribution in [0, 0.1) is 6.92 Å². The molecule has 5 heteroatoms. The number of hydrogen-bond acceptors (Lipinski definition) is 4. The zero-order chi connectivity index (χ0) is 23.4. The van der Waals surface area contributed by atoms with Crippen molar-refractivity contribution in [3.63, 3.8) is 0 Å². The fourth-order valence-electron chi connectivity index (χ4n) is 4.45. The second-order valence-electron chi connectivity index (χ2n) is 11.6. The third-order valence-electron chi connectivity index (χ3n) is 7.58. The smallest absolute Gasteiger partial charge is 0.400 e. The van der Waals surface area contributed by atoms with Crippen molar-refractivity contribution in [1.29, 1.82) is 0 Å². The Morgan fingerprint density at radius 3 is 1.94 bits per heavy atom. The van der Waals surface area contributed by atoms with Gasteiger partial charge in [0.15, 0.2) is 5.12 Å². The Morgan fingerprint density at radius 1 is 0.968 bits per heavy atom. The largest absolute Gasteiger partial charge is 0.491 e. The van der Waals surface area contributed by atoms with Crippen LogP contribution in [0.1, 0.15) is 97.4 Å². The summed E-state index contributed by atoms with van der Waals surface area (Å²) in [4.78, 5) is 11.7. The quantitative estimate of drug-likeness (QED) is 0.490. The molecular weight excluding hydrogens is 403 g/mol. The average molecular weight is 442 g/mol. The Kier molecular flexibility index (Phi) is 6.41. The van der Waals surface area contributed by atoms with Crippen LogP contribution in [0.15, 0.2) is 17.6 Å². The van der Waals surface area contributed by atoms with E-state index in [0.29, 0.717) is 5.75 Å². The topological polar surface area (TPSA) is 35.5 Å². The zero-order valence-corrected chi connectivity index (χ0v) is 21.9. The van der Waals surface area contributed by atoms with Gasteiger partial charge >= 0.3 is 7.12 Å². The van der Waals surface area contributed by atoms with E-state index in [1.54, 1.807) is 6.92 Å². The number of rotatable bonds is 4. The van der Waals surface area contributed by atoms with Gasteiger partial charge in [-0.25, -0.2) is 0 Å². The summed E-state index contributed by atoms with van der Waals surface area (Å²) in [5, 5.41) is 0.104. The number of thioether (sulfide) groups is 1. The number of fused-ring (bicyclic) bond motifs is 1. The lowest BCUT2D eigenvalue weighted by Gasteiger charge is -2.42. The first kappa shape index (κ1) is 24.6. The van der Waals surface area contributed by atoms with Crippen molar-refractivity contribution < 1.29 is 14.1 Å². The maximum atomic E-state index is 11.7. The minimum absolute atomic E-state index is 0.104. The van der Waals surface area contributed by atoms with Crippen molar-refractivity contribution in [3.05, 3.63) is 39.9 Å². The van der Waals surface area contributed by atoms with Crippen molar-refractivity contribution in [2.24, 2.45) is 0 Å². The van der Waals surface area contributed by atoms with E-state index in [1.165, 1.54) is 46.9 Å². The van der Waals surface area contributed by atoms with Crippen LogP contribution in [0.3, 0.4) is 0 Å². The summed E-state index contributed by atoms with van der Waals surface area (Å²) in [7, 11) is -0.447. The van der Waals surface area contributed by atoms with Gasteiger partial charge in [-0.15, -0.1) is 0 Å². The molecule has 31 heavy (non-hydrogen) atoms. The van der Waals surface area contributed by atoms with Crippen molar-refractivity contribution in [2.75, 3.05) is 5.75 Å². The fourth-order valence-corrected chi connectivity index (χ4v) is 5.04. The van der Waals surface area contributed by atoms with Gasteiger partial charge in [-0.2, -0.15) is 0 Å². The predicted molar refractivity (Wildman–Crippen MR) is 134 cm³/mol. The molecule has 1 aliphatic heterocycles. The monoisotopic (exact) mass is 442 g/mol. The van der Waals surface area contributed by atoms with Crippen LogP contribution < -0.4 is 0 Å². The van der Waals surface area contributed by atoms with Gasteiger partial charge in [0.05, 0.1) is 11.2 Å². The van der Waals surface area contributed by atoms with Gasteiger partial charge in [-0.3, -0.25) is 4.79 Å². The van der Waals surface area contributed by atoms with Crippen molar-refractivity contribution in [3.8, 4) is 0 Å². The first-order valence-electron chi connectivity index (χ1n) is 11.4. The highest BCUT2D eigenvalue weighted by Crippen LogP contribution is 2.47. The maximum absolute atomic E-state index is 11.7. The van der Waals surface area contributed by atoms with Crippen LogP contribution in [0.2, 0.25) is 0 Å². The summed E-state index contributed by atoms with van der Waals surface area (Å²) < 4.78 is 12.7. The van der Waals surface area contributed by atoms with Gasteiger partial charge < -0.3 is 9.31 Å². The molecule has 1 heterocycles. The third kappa shape index (κ3) is 4.84. The third-order valence-corrected chi connectivity index (χ3v) is 8.46. The molecule has 0 bridgehead atoms. The molecule has 2 aliphatic rings.